The summed E-state index contributed by atoms with van der Waals surface area (Å²) in [5, 5.41) is 2.90. The van der Waals surface area contributed by atoms with Gasteiger partial charge in [-0.2, -0.15) is 0 Å². The molecule has 0 spiro atoms. The van der Waals surface area contributed by atoms with Crippen LogP contribution in [0.25, 0.3) is 0 Å². The molecule has 1 aliphatic rings. The zero-order chi connectivity index (χ0) is 25.7. The highest BCUT2D eigenvalue weighted by Crippen LogP contribution is 2.44. The number of rotatable bonds is 9. The Morgan fingerprint density at radius 1 is 1.17 bits per heavy atom. The van der Waals surface area contributed by atoms with Gasteiger partial charge in [0.05, 0.1) is 11.6 Å². The fourth-order valence-corrected chi connectivity index (χ4v) is 6.25. The van der Waals surface area contributed by atoms with Gasteiger partial charge >= 0.3 is 5.97 Å². The summed E-state index contributed by atoms with van der Waals surface area (Å²) in [5.41, 5.74) is 0.0918. The van der Waals surface area contributed by atoms with Gasteiger partial charge in [-0.1, -0.05) is 31.9 Å². The molecule has 2 aromatic rings. The highest BCUT2D eigenvalue weighted by molar-refractivity contribution is 7.99. The van der Waals surface area contributed by atoms with Gasteiger partial charge < -0.3 is 10.1 Å². The Kier molecular flexibility index (Phi) is 9.53. The maximum Gasteiger partial charge on any atom is 0.302 e. The summed E-state index contributed by atoms with van der Waals surface area (Å²) in [6.45, 7) is 6.17. The summed E-state index contributed by atoms with van der Waals surface area (Å²) in [6, 6.07) is 6.24. The number of carbonyl (C=O) groups is 2. The van der Waals surface area contributed by atoms with Crippen LogP contribution in [0.2, 0.25) is 5.02 Å². The summed E-state index contributed by atoms with van der Waals surface area (Å²) in [4.78, 5) is 24.5. The molecule has 0 heterocycles. The predicted octanol–water partition coefficient (Wildman–Crippen LogP) is 7.35. The molecule has 1 N–H and O–H groups in total. The Balaban J connectivity index is 1.65. The lowest BCUT2D eigenvalue weighted by Crippen LogP contribution is -2.20. The molecule has 9 heteroatoms. The number of thioether (sulfide) groups is 1. The van der Waals surface area contributed by atoms with Crippen molar-refractivity contribution in [2.24, 2.45) is 23.7 Å². The second-order valence-electron chi connectivity index (χ2n) is 9.29. The lowest BCUT2D eigenvalue weighted by atomic mass is 9.86. The van der Waals surface area contributed by atoms with Crippen molar-refractivity contribution in [3.05, 3.63) is 58.4 Å². The van der Waals surface area contributed by atoms with Gasteiger partial charge in [0.1, 0.15) is 0 Å². The fraction of sp³-hybridized carbons (Fsp3) is 0.462. The van der Waals surface area contributed by atoms with Crippen molar-refractivity contribution in [3.8, 4) is 0 Å². The van der Waals surface area contributed by atoms with Crippen molar-refractivity contribution >= 4 is 40.9 Å². The molecular weight excluding hydrogens is 499 g/mol. The van der Waals surface area contributed by atoms with Gasteiger partial charge in [-0.15, -0.1) is 11.8 Å². The lowest BCUT2D eigenvalue weighted by molar-refractivity contribution is -0.142. The number of carbonyl (C=O) groups excluding carboxylic acids is 2. The third-order valence-electron chi connectivity index (χ3n) is 6.47. The molecule has 1 saturated carbocycles. The number of esters is 1. The quantitative estimate of drug-likeness (QED) is 0.210. The molecule has 4 atom stereocenters. The van der Waals surface area contributed by atoms with Gasteiger partial charge in [0.2, 0.25) is 0 Å². The van der Waals surface area contributed by atoms with Crippen LogP contribution in [0.15, 0.2) is 35.2 Å². The van der Waals surface area contributed by atoms with Gasteiger partial charge in [0.15, 0.2) is 17.5 Å². The minimum Gasteiger partial charge on any atom is -0.466 e. The average molecular weight is 528 g/mol. The molecule has 3 rings (SSSR count). The van der Waals surface area contributed by atoms with Crippen molar-refractivity contribution in [2.45, 2.75) is 44.9 Å². The fourth-order valence-electron chi connectivity index (χ4n) is 4.58. The summed E-state index contributed by atoms with van der Waals surface area (Å²) < 4.78 is 45.3. The average Bonchev–Trinajstić information content (AvgIpc) is 3.14. The first-order chi connectivity index (χ1) is 16.5. The van der Waals surface area contributed by atoms with Crippen LogP contribution in [0.4, 0.5) is 18.9 Å². The van der Waals surface area contributed by atoms with Gasteiger partial charge in [0, 0.05) is 41.0 Å². The summed E-state index contributed by atoms with van der Waals surface area (Å²) >= 11 is 7.97. The predicted molar refractivity (Wildman–Crippen MR) is 132 cm³/mol. The smallest absolute Gasteiger partial charge is 0.302 e. The maximum atomic E-state index is 13.5. The van der Waals surface area contributed by atoms with Gasteiger partial charge in [0.25, 0.3) is 5.91 Å². The van der Waals surface area contributed by atoms with E-state index in [2.05, 4.69) is 19.2 Å². The number of benzene rings is 2. The standard InChI is InChI=1S/C26H29ClF3NO3S/c1-14(12-34-16(3)32)8-17-5-4-15(2)20(17)13-35-24-9-18(6-7-21(24)27)26(33)31-19-10-22(28)25(30)23(29)11-19/h6-7,9-11,14-15,17,20H,4-5,8,12-13H2,1-3H3,(H,31,33). The zero-order valence-electron chi connectivity index (χ0n) is 19.9. The number of anilines is 1. The molecule has 4 unspecified atom stereocenters. The van der Waals surface area contributed by atoms with E-state index in [9.17, 15) is 22.8 Å². The van der Waals surface area contributed by atoms with Gasteiger partial charge in [-0.25, -0.2) is 13.2 Å². The SMILES string of the molecule is CC(=O)OCC(C)CC1CCC(C)C1CSc1cc(C(=O)Nc2cc(F)c(F)c(F)c2)ccc1Cl. The van der Waals surface area contributed by atoms with E-state index in [1.54, 1.807) is 23.9 Å². The zero-order valence-corrected chi connectivity index (χ0v) is 21.4. The van der Waals surface area contributed by atoms with Crippen LogP contribution in [0.3, 0.4) is 0 Å². The first-order valence-corrected chi connectivity index (χ1v) is 12.9. The van der Waals surface area contributed by atoms with E-state index in [-0.39, 0.29) is 23.1 Å². The molecular formula is C26H29ClF3NO3S. The molecule has 35 heavy (non-hydrogen) atoms. The Morgan fingerprint density at radius 3 is 2.51 bits per heavy atom. The number of halogens is 4. The number of hydrogen-bond donors (Lipinski definition) is 1. The summed E-state index contributed by atoms with van der Waals surface area (Å²) in [6.07, 6.45) is 3.23. The molecule has 2 aromatic carbocycles. The van der Waals surface area contributed by atoms with Crippen LogP contribution in [0.5, 0.6) is 0 Å². The van der Waals surface area contributed by atoms with E-state index in [1.165, 1.54) is 13.0 Å². The molecule has 0 radical (unpaired) electrons. The van der Waals surface area contributed by atoms with Crippen molar-refractivity contribution < 1.29 is 27.5 Å². The highest BCUT2D eigenvalue weighted by Gasteiger charge is 2.34. The van der Waals surface area contributed by atoms with E-state index < -0.39 is 23.4 Å². The van der Waals surface area contributed by atoms with Crippen molar-refractivity contribution in [2.75, 3.05) is 17.7 Å². The monoisotopic (exact) mass is 527 g/mol. The van der Waals surface area contributed by atoms with Crippen molar-refractivity contribution in [3.63, 3.8) is 0 Å². The largest absolute Gasteiger partial charge is 0.466 e. The lowest BCUT2D eigenvalue weighted by Gasteiger charge is -2.25. The van der Waals surface area contributed by atoms with E-state index in [0.717, 1.165) is 42.0 Å². The van der Waals surface area contributed by atoms with Crippen LogP contribution in [-0.4, -0.2) is 24.2 Å². The molecule has 1 amide bonds. The van der Waals surface area contributed by atoms with Gasteiger partial charge in [-0.3, -0.25) is 9.59 Å². The van der Waals surface area contributed by atoms with Crippen molar-refractivity contribution in [1.29, 1.82) is 0 Å². The number of nitrogens with one attached hydrogen (secondary N) is 1. The third-order valence-corrected chi connectivity index (χ3v) is 8.11. The minimum atomic E-state index is -1.59. The van der Waals surface area contributed by atoms with E-state index >= 15 is 0 Å². The Hall–Kier alpha value is -2.19. The van der Waals surface area contributed by atoms with Crippen LogP contribution < -0.4 is 5.32 Å². The summed E-state index contributed by atoms with van der Waals surface area (Å²) in [7, 11) is 0. The Bertz CT molecular complexity index is 1060. The van der Waals surface area contributed by atoms with E-state index in [1.807, 2.05) is 0 Å². The number of ether oxygens (including phenoxy) is 1. The first kappa shape index (κ1) is 27.4. The number of hydrogen-bond acceptors (Lipinski definition) is 4. The second-order valence-corrected chi connectivity index (χ2v) is 10.8. The molecule has 0 bridgehead atoms. The van der Waals surface area contributed by atoms with E-state index in [4.69, 9.17) is 16.3 Å². The van der Waals surface area contributed by atoms with Crippen molar-refractivity contribution in [1.82, 2.24) is 0 Å². The van der Waals surface area contributed by atoms with Gasteiger partial charge in [-0.05, 0) is 54.7 Å². The molecule has 0 aromatic heterocycles. The molecule has 190 valence electrons. The second kappa shape index (κ2) is 12.2. The Morgan fingerprint density at radius 2 is 1.86 bits per heavy atom. The highest BCUT2D eigenvalue weighted by atomic mass is 35.5. The van der Waals surface area contributed by atoms with Crippen LogP contribution >= 0.6 is 23.4 Å². The third kappa shape index (κ3) is 7.40. The maximum absolute atomic E-state index is 13.5. The topological polar surface area (TPSA) is 55.4 Å². The molecule has 0 saturated heterocycles. The molecule has 1 fully saturated rings. The Labute approximate surface area is 213 Å². The minimum absolute atomic E-state index is 0.180. The summed E-state index contributed by atoms with van der Waals surface area (Å²) in [5.74, 6) is -2.59. The van der Waals surface area contributed by atoms with Crippen LogP contribution in [0.1, 0.15) is 50.4 Å². The molecule has 1 aliphatic carbocycles. The first-order valence-electron chi connectivity index (χ1n) is 11.6. The molecule has 0 aliphatic heterocycles. The van der Waals surface area contributed by atoms with Crippen LogP contribution in [0, 0.1) is 41.1 Å². The van der Waals surface area contributed by atoms with E-state index in [0.29, 0.717) is 29.4 Å². The number of amides is 1. The normalized spacial score (nSPS) is 20.5. The van der Waals surface area contributed by atoms with Crippen LogP contribution in [-0.2, 0) is 9.53 Å². The molecule has 4 nitrogen and oxygen atoms in total.